The summed E-state index contributed by atoms with van der Waals surface area (Å²) in [6.07, 6.45) is -0.749. The van der Waals surface area contributed by atoms with Crippen molar-refractivity contribution in [3.8, 4) is 0 Å². The predicted octanol–water partition coefficient (Wildman–Crippen LogP) is 0.721. The van der Waals surface area contributed by atoms with Crippen LogP contribution in [0.2, 0.25) is 0 Å². The molecule has 0 aromatic carbocycles. The van der Waals surface area contributed by atoms with E-state index in [0.717, 1.165) is 0 Å². The van der Waals surface area contributed by atoms with E-state index in [1.165, 1.54) is 6.92 Å². The van der Waals surface area contributed by atoms with Gasteiger partial charge in [0.1, 0.15) is 12.7 Å². The first-order valence-electron chi connectivity index (χ1n) is 6.55. The van der Waals surface area contributed by atoms with Gasteiger partial charge in [0.05, 0.1) is 5.75 Å². The summed E-state index contributed by atoms with van der Waals surface area (Å²) < 4.78 is 40.3. The molecule has 1 amide bonds. The Morgan fingerprint density at radius 3 is 2.57 bits per heavy atom. The molecule has 21 heavy (non-hydrogen) atoms. The number of ether oxygens (including phenoxy) is 2. The summed E-state index contributed by atoms with van der Waals surface area (Å²) in [5.74, 6) is -0.750. The Kier molecular flexibility index (Phi) is 5.57. The minimum absolute atomic E-state index is 0.0728. The summed E-state index contributed by atoms with van der Waals surface area (Å²) in [6.45, 7) is 5.12. The van der Waals surface area contributed by atoms with E-state index in [9.17, 15) is 18.0 Å². The van der Waals surface area contributed by atoms with Crippen molar-refractivity contribution in [2.45, 2.75) is 45.8 Å². The van der Waals surface area contributed by atoms with Gasteiger partial charge >= 0.3 is 6.16 Å². The number of cyclic esters (lactones) is 2. The highest BCUT2D eigenvalue weighted by Gasteiger charge is 2.40. The number of rotatable bonds is 7. The third-order valence-corrected chi connectivity index (χ3v) is 4.12. The van der Waals surface area contributed by atoms with Gasteiger partial charge < -0.3 is 14.8 Å². The van der Waals surface area contributed by atoms with Gasteiger partial charge in [-0.2, -0.15) is 8.42 Å². The van der Waals surface area contributed by atoms with E-state index in [1.807, 2.05) is 13.8 Å². The van der Waals surface area contributed by atoms with Gasteiger partial charge in [-0.25, -0.2) is 4.79 Å². The van der Waals surface area contributed by atoms with Crippen LogP contribution >= 0.6 is 0 Å². The standard InChI is InChI=1S/C12H21NO7S/c1-8(14)13-9(4-5-21(16,17)18)6-12(2,3)10-7-19-11(15)20-10/h9-10H,4-7H2,1-3H3,(H,13,14)(H,16,17,18)/t9?,10-/m0/s1. The average molecular weight is 323 g/mol. The highest BCUT2D eigenvalue weighted by atomic mass is 32.2. The van der Waals surface area contributed by atoms with E-state index in [0.29, 0.717) is 6.42 Å². The SMILES string of the molecule is CC(=O)NC(CCS(=O)(=O)O)CC(C)(C)[C@@H]1COC(=O)O1. The summed E-state index contributed by atoms with van der Waals surface area (Å²) in [7, 11) is -4.10. The van der Waals surface area contributed by atoms with Gasteiger partial charge in [0.2, 0.25) is 5.91 Å². The number of hydrogen-bond acceptors (Lipinski definition) is 6. The normalized spacial score (nSPS) is 20.6. The van der Waals surface area contributed by atoms with Crippen LogP contribution in [0.5, 0.6) is 0 Å². The van der Waals surface area contributed by atoms with Gasteiger partial charge in [0.15, 0.2) is 0 Å². The van der Waals surface area contributed by atoms with Crippen molar-refractivity contribution in [3.63, 3.8) is 0 Å². The monoisotopic (exact) mass is 323 g/mol. The van der Waals surface area contributed by atoms with E-state index in [4.69, 9.17) is 14.0 Å². The fourth-order valence-electron chi connectivity index (χ4n) is 2.28. The molecule has 0 aromatic rings. The van der Waals surface area contributed by atoms with E-state index in [-0.39, 0.29) is 18.9 Å². The van der Waals surface area contributed by atoms with Crippen LogP contribution in [0.15, 0.2) is 0 Å². The lowest BCUT2D eigenvalue weighted by molar-refractivity contribution is -0.120. The van der Waals surface area contributed by atoms with E-state index < -0.39 is 39.6 Å². The van der Waals surface area contributed by atoms with Crippen LogP contribution in [0.3, 0.4) is 0 Å². The lowest BCUT2D eigenvalue weighted by Gasteiger charge is -2.32. The Labute approximate surface area is 123 Å². The minimum Gasteiger partial charge on any atom is -0.430 e. The van der Waals surface area contributed by atoms with Crippen molar-refractivity contribution in [1.29, 1.82) is 0 Å². The largest absolute Gasteiger partial charge is 0.508 e. The molecule has 0 spiro atoms. The Hall–Kier alpha value is -1.35. The fraction of sp³-hybridized carbons (Fsp3) is 0.833. The first kappa shape index (κ1) is 17.7. The zero-order valence-electron chi connectivity index (χ0n) is 12.3. The Morgan fingerprint density at radius 1 is 1.52 bits per heavy atom. The molecule has 2 atom stereocenters. The topological polar surface area (TPSA) is 119 Å². The molecule has 122 valence electrons. The van der Waals surface area contributed by atoms with Crippen molar-refractivity contribution >= 4 is 22.2 Å². The molecule has 1 unspecified atom stereocenters. The molecule has 0 aliphatic carbocycles. The molecule has 1 aliphatic rings. The van der Waals surface area contributed by atoms with Crippen LogP contribution in [0.25, 0.3) is 0 Å². The lowest BCUT2D eigenvalue weighted by atomic mass is 9.80. The predicted molar refractivity (Wildman–Crippen MR) is 73.3 cm³/mol. The van der Waals surface area contributed by atoms with Gasteiger partial charge in [-0.3, -0.25) is 9.35 Å². The number of carbonyl (C=O) groups excluding carboxylic acids is 2. The molecule has 1 heterocycles. The fourth-order valence-corrected chi connectivity index (χ4v) is 2.87. The number of nitrogens with one attached hydrogen (secondary N) is 1. The number of hydrogen-bond donors (Lipinski definition) is 2. The maximum atomic E-state index is 11.2. The molecule has 1 fully saturated rings. The van der Waals surface area contributed by atoms with Crippen LogP contribution in [0.1, 0.15) is 33.6 Å². The van der Waals surface area contributed by atoms with Crippen molar-refractivity contribution in [3.05, 3.63) is 0 Å². The molecule has 8 nitrogen and oxygen atoms in total. The van der Waals surface area contributed by atoms with Crippen molar-refractivity contribution in [2.75, 3.05) is 12.4 Å². The molecule has 0 aromatic heterocycles. The van der Waals surface area contributed by atoms with Gasteiger partial charge in [-0.1, -0.05) is 13.8 Å². The molecule has 9 heteroatoms. The zero-order chi connectivity index (χ0) is 16.3. The molecular formula is C12H21NO7S. The molecule has 0 bridgehead atoms. The Bertz CT molecular complexity index is 500. The molecule has 1 saturated heterocycles. The Morgan fingerprint density at radius 2 is 2.14 bits per heavy atom. The van der Waals surface area contributed by atoms with Crippen LogP contribution in [0.4, 0.5) is 4.79 Å². The summed E-state index contributed by atoms with van der Waals surface area (Å²) in [6, 6.07) is -0.460. The van der Waals surface area contributed by atoms with Crippen molar-refractivity contribution in [1.82, 2.24) is 5.32 Å². The average Bonchev–Trinajstić information content (AvgIpc) is 2.71. The third-order valence-electron chi connectivity index (χ3n) is 3.37. The summed E-state index contributed by atoms with van der Waals surface area (Å²) in [5, 5.41) is 2.65. The second kappa shape index (κ2) is 6.61. The van der Waals surface area contributed by atoms with Gasteiger partial charge in [-0.05, 0) is 12.8 Å². The second-order valence-electron chi connectivity index (χ2n) is 5.83. The maximum absolute atomic E-state index is 11.2. The van der Waals surface area contributed by atoms with E-state index in [1.54, 1.807) is 0 Å². The molecular weight excluding hydrogens is 302 g/mol. The van der Waals surface area contributed by atoms with E-state index in [2.05, 4.69) is 5.32 Å². The lowest BCUT2D eigenvalue weighted by Crippen LogP contribution is -2.42. The van der Waals surface area contributed by atoms with Crippen LogP contribution in [-0.2, 0) is 24.4 Å². The second-order valence-corrected chi connectivity index (χ2v) is 7.40. The van der Waals surface area contributed by atoms with Crippen molar-refractivity contribution < 1.29 is 32.0 Å². The van der Waals surface area contributed by atoms with Gasteiger partial charge in [0.25, 0.3) is 10.1 Å². The van der Waals surface area contributed by atoms with Crippen LogP contribution < -0.4 is 5.32 Å². The zero-order valence-corrected chi connectivity index (χ0v) is 13.1. The number of carbonyl (C=O) groups is 2. The molecule has 1 aliphatic heterocycles. The summed E-state index contributed by atoms with van der Waals surface area (Å²) >= 11 is 0. The minimum atomic E-state index is -4.10. The molecule has 2 N–H and O–H groups in total. The first-order valence-corrected chi connectivity index (χ1v) is 8.16. The highest BCUT2D eigenvalue weighted by Crippen LogP contribution is 2.33. The van der Waals surface area contributed by atoms with Crippen molar-refractivity contribution in [2.24, 2.45) is 5.41 Å². The molecule has 0 radical (unpaired) electrons. The van der Waals surface area contributed by atoms with E-state index >= 15 is 0 Å². The molecule has 0 saturated carbocycles. The number of amides is 1. The first-order chi connectivity index (χ1) is 9.49. The van der Waals surface area contributed by atoms with Gasteiger partial charge in [0, 0.05) is 18.4 Å². The smallest absolute Gasteiger partial charge is 0.430 e. The third kappa shape index (κ3) is 6.30. The summed E-state index contributed by atoms with van der Waals surface area (Å²) in [4.78, 5) is 22.2. The van der Waals surface area contributed by atoms with Crippen LogP contribution in [0, 0.1) is 5.41 Å². The summed E-state index contributed by atoms with van der Waals surface area (Å²) in [5.41, 5.74) is -0.515. The highest BCUT2D eigenvalue weighted by molar-refractivity contribution is 7.85. The quantitative estimate of drug-likeness (QED) is 0.523. The maximum Gasteiger partial charge on any atom is 0.508 e. The Balaban J connectivity index is 2.69. The van der Waals surface area contributed by atoms with Gasteiger partial charge in [-0.15, -0.1) is 0 Å². The van der Waals surface area contributed by atoms with Crippen LogP contribution in [-0.4, -0.2) is 49.5 Å². The molecule has 1 rings (SSSR count).